The van der Waals surface area contributed by atoms with Gasteiger partial charge in [-0.2, -0.15) is 10.5 Å². The Morgan fingerprint density at radius 2 is 1.96 bits per heavy atom. The Balaban J connectivity index is 2.25. The molecule has 1 aliphatic rings. The standard InChI is InChI=1S/C19H17N3O/c1-23-15-7-5-12(6-8-15)17-9-14(11-21)19(22)18-13(10-20)3-2-4-16(17)18/h5-9,13H,2-4,22H2,1H3. The monoisotopic (exact) mass is 303 g/mol. The van der Waals surface area contributed by atoms with Crippen LogP contribution in [0.25, 0.3) is 11.1 Å². The van der Waals surface area contributed by atoms with Crippen LogP contribution in [0, 0.1) is 22.7 Å². The summed E-state index contributed by atoms with van der Waals surface area (Å²) in [6.45, 7) is 0. The maximum absolute atomic E-state index is 9.45. The van der Waals surface area contributed by atoms with Crippen LogP contribution >= 0.6 is 0 Å². The largest absolute Gasteiger partial charge is 0.497 e. The number of nitrogens with zero attached hydrogens (tertiary/aromatic N) is 2. The van der Waals surface area contributed by atoms with Crippen LogP contribution in [0.3, 0.4) is 0 Å². The number of nitrogens with two attached hydrogens (primary N) is 1. The van der Waals surface area contributed by atoms with Crippen molar-refractivity contribution in [3.8, 4) is 29.0 Å². The van der Waals surface area contributed by atoms with Gasteiger partial charge < -0.3 is 10.5 Å². The van der Waals surface area contributed by atoms with Crippen LogP contribution in [0.5, 0.6) is 5.75 Å². The lowest BCUT2D eigenvalue weighted by Crippen LogP contribution is -2.14. The smallest absolute Gasteiger partial charge is 0.118 e. The van der Waals surface area contributed by atoms with Gasteiger partial charge in [0.1, 0.15) is 11.8 Å². The molecule has 0 aromatic heterocycles. The Bertz CT molecular complexity index is 826. The second kappa shape index (κ2) is 6.02. The molecule has 1 unspecified atom stereocenters. The first kappa shape index (κ1) is 14.9. The molecule has 0 radical (unpaired) electrons. The van der Waals surface area contributed by atoms with Crippen LogP contribution in [-0.4, -0.2) is 7.11 Å². The van der Waals surface area contributed by atoms with Crippen LogP contribution in [0.15, 0.2) is 30.3 Å². The summed E-state index contributed by atoms with van der Waals surface area (Å²) in [5.41, 5.74) is 11.0. The molecule has 0 spiro atoms. The van der Waals surface area contributed by atoms with Gasteiger partial charge in [-0.3, -0.25) is 0 Å². The molecule has 114 valence electrons. The van der Waals surface area contributed by atoms with E-state index < -0.39 is 0 Å². The molecule has 0 fully saturated rings. The van der Waals surface area contributed by atoms with Crippen LogP contribution in [0.1, 0.15) is 35.4 Å². The van der Waals surface area contributed by atoms with Crippen LogP contribution in [0.2, 0.25) is 0 Å². The minimum atomic E-state index is -0.232. The number of ether oxygens (including phenoxy) is 1. The van der Waals surface area contributed by atoms with E-state index in [1.165, 1.54) is 0 Å². The quantitative estimate of drug-likeness (QED) is 0.856. The summed E-state index contributed by atoms with van der Waals surface area (Å²) in [4.78, 5) is 0. The summed E-state index contributed by atoms with van der Waals surface area (Å²) < 4.78 is 5.20. The average Bonchev–Trinajstić information content (AvgIpc) is 2.61. The van der Waals surface area contributed by atoms with Gasteiger partial charge in [-0.05, 0) is 59.7 Å². The molecule has 0 saturated carbocycles. The zero-order chi connectivity index (χ0) is 16.4. The SMILES string of the molecule is COc1ccc(-c2cc(C#N)c(N)c3c2CCCC3C#N)cc1. The Morgan fingerprint density at radius 1 is 1.22 bits per heavy atom. The summed E-state index contributed by atoms with van der Waals surface area (Å²) in [5.74, 6) is 0.553. The molecule has 4 heteroatoms. The molecule has 2 aromatic rings. The van der Waals surface area contributed by atoms with Crippen molar-refractivity contribution in [1.29, 1.82) is 10.5 Å². The number of fused-ring (bicyclic) bond motifs is 1. The maximum Gasteiger partial charge on any atom is 0.118 e. The number of methoxy groups -OCH3 is 1. The number of benzene rings is 2. The zero-order valence-electron chi connectivity index (χ0n) is 13.0. The van der Waals surface area contributed by atoms with Gasteiger partial charge in [0.2, 0.25) is 0 Å². The molecule has 4 nitrogen and oxygen atoms in total. The fourth-order valence-electron chi connectivity index (χ4n) is 3.31. The van der Waals surface area contributed by atoms with Crippen molar-refractivity contribution >= 4 is 5.69 Å². The Hall–Kier alpha value is -2.98. The first-order chi connectivity index (χ1) is 11.2. The zero-order valence-corrected chi connectivity index (χ0v) is 13.0. The Morgan fingerprint density at radius 3 is 2.57 bits per heavy atom. The maximum atomic E-state index is 9.45. The van der Waals surface area contributed by atoms with E-state index in [9.17, 15) is 10.5 Å². The molecule has 0 aliphatic heterocycles. The number of hydrogen-bond acceptors (Lipinski definition) is 4. The van der Waals surface area contributed by atoms with E-state index in [4.69, 9.17) is 10.5 Å². The number of hydrogen-bond donors (Lipinski definition) is 1. The molecule has 2 N–H and O–H groups in total. The van der Waals surface area contributed by atoms with Crippen molar-refractivity contribution in [3.63, 3.8) is 0 Å². The van der Waals surface area contributed by atoms with Gasteiger partial charge in [0, 0.05) is 0 Å². The van der Waals surface area contributed by atoms with Crippen molar-refractivity contribution in [2.45, 2.75) is 25.2 Å². The van der Waals surface area contributed by atoms with Crippen molar-refractivity contribution in [3.05, 3.63) is 47.0 Å². The first-order valence-corrected chi connectivity index (χ1v) is 7.59. The second-order valence-electron chi connectivity index (χ2n) is 5.69. The Labute approximate surface area is 135 Å². The van der Waals surface area contributed by atoms with Crippen LogP contribution in [0.4, 0.5) is 5.69 Å². The molecule has 3 rings (SSSR count). The van der Waals surface area contributed by atoms with Crippen molar-refractivity contribution < 1.29 is 4.74 Å². The highest BCUT2D eigenvalue weighted by atomic mass is 16.5. The third kappa shape index (κ3) is 2.49. The van der Waals surface area contributed by atoms with Crippen molar-refractivity contribution in [1.82, 2.24) is 0 Å². The van der Waals surface area contributed by atoms with Gasteiger partial charge in [0.25, 0.3) is 0 Å². The molecular weight excluding hydrogens is 286 g/mol. The lowest BCUT2D eigenvalue weighted by atomic mass is 9.78. The first-order valence-electron chi connectivity index (χ1n) is 7.59. The minimum absolute atomic E-state index is 0.232. The third-order valence-electron chi connectivity index (χ3n) is 4.46. The number of rotatable bonds is 2. The van der Waals surface area contributed by atoms with Gasteiger partial charge >= 0.3 is 0 Å². The van der Waals surface area contributed by atoms with Crippen LogP contribution < -0.4 is 10.5 Å². The highest BCUT2D eigenvalue weighted by Gasteiger charge is 2.27. The predicted octanol–water partition coefficient (Wildman–Crippen LogP) is 3.76. The number of anilines is 1. The third-order valence-corrected chi connectivity index (χ3v) is 4.46. The van der Waals surface area contributed by atoms with Gasteiger partial charge in [-0.1, -0.05) is 12.1 Å². The van der Waals surface area contributed by atoms with E-state index in [1.54, 1.807) is 7.11 Å². The Kier molecular flexibility index (Phi) is 3.91. The fraction of sp³-hybridized carbons (Fsp3) is 0.263. The van der Waals surface area contributed by atoms with E-state index in [2.05, 4.69) is 12.1 Å². The van der Waals surface area contributed by atoms with E-state index in [0.717, 1.165) is 47.3 Å². The molecule has 0 saturated heterocycles. The number of nitriles is 2. The summed E-state index contributed by atoms with van der Waals surface area (Å²) in [7, 11) is 1.63. The second-order valence-corrected chi connectivity index (χ2v) is 5.69. The topological polar surface area (TPSA) is 82.8 Å². The molecule has 1 atom stereocenters. The molecule has 0 heterocycles. The molecule has 23 heavy (non-hydrogen) atoms. The van der Waals surface area contributed by atoms with Gasteiger partial charge in [-0.15, -0.1) is 0 Å². The summed E-state index contributed by atoms with van der Waals surface area (Å²) in [6.07, 6.45) is 2.63. The van der Waals surface area contributed by atoms with Crippen LogP contribution in [-0.2, 0) is 6.42 Å². The molecule has 0 amide bonds. The minimum Gasteiger partial charge on any atom is -0.497 e. The summed E-state index contributed by atoms with van der Waals surface area (Å²) in [5, 5.41) is 18.9. The molecule has 2 aromatic carbocycles. The lowest BCUT2D eigenvalue weighted by Gasteiger charge is -2.26. The van der Waals surface area contributed by atoms with E-state index in [0.29, 0.717) is 11.3 Å². The highest BCUT2D eigenvalue weighted by Crippen LogP contribution is 2.42. The molecular formula is C19H17N3O. The lowest BCUT2D eigenvalue weighted by molar-refractivity contribution is 0.415. The predicted molar refractivity (Wildman–Crippen MR) is 88.8 cm³/mol. The average molecular weight is 303 g/mol. The molecule has 1 aliphatic carbocycles. The molecule has 0 bridgehead atoms. The summed E-state index contributed by atoms with van der Waals surface area (Å²) >= 11 is 0. The van der Waals surface area contributed by atoms with E-state index >= 15 is 0 Å². The summed E-state index contributed by atoms with van der Waals surface area (Å²) in [6, 6.07) is 14.1. The highest BCUT2D eigenvalue weighted by molar-refractivity contribution is 5.78. The van der Waals surface area contributed by atoms with Crippen molar-refractivity contribution in [2.24, 2.45) is 0 Å². The normalized spacial score (nSPS) is 16.0. The number of nitrogen functional groups attached to an aromatic ring is 1. The van der Waals surface area contributed by atoms with Crippen molar-refractivity contribution in [2.75, 3.05) is 12.8 Å². The van der Waals surface area contributed by atoms with Gasteiger partial charge in [0.15, 0.2) is 0 Å². The van der Waals surface area contributed by atoms with Gasteiger partial charge in [0.05, 0.1) is 30.3 Å². The van der Waals surface area contributed by atoms with E-state index in [-0.39, 0.29) is 5.92 Å². The van der Waals surface area contributed by atoms with E-state index in [1.807, 2.05) is 30.3 Å². The fourth-order valence-corrected chi connectivity index (χ4v) is 3.31. The van der Waals surface area contributed by atoms with Gasteiger partial charge in [-0.25, -0.2) is 0 Å².